The Hall–Kier alpha value is -2.57. The summed E-state index contributed by atoms with van der Waals surface area (Å²) in [5, 5.41) is 6.66. The van der Waals surface area contributed by atoms with Crippen LogP contribution >= 0.6 is 0 Å². The van der Waals surface area contributed by atoms with Gasteiger partial charge in [0.25, 0.3) is 0 Å². The molecule has 7 heteroatoms. The highest BCUT2D eigenvalue weighted by Gasteiger charge is 2.29. The molecule has 0 saturated heterocycles. The van der Waals surface area contributed by atoms with E-state index in [1.807, 2.05) is 20.8 Å². The van der Waals surface area contributed by atoms with Gasteiger partial charge in [0.05, 0.1) is 6.04 Å². The first-order valence-electron chi connectivity index (χ1n) is 9.81. The summed E-state index contributed by atoms with van der Waals surface area (Å²) >= 11 is 0. The van der Waals surface area contributed by atoms with Gasteiger partial charge in [-0.1, -0.05) is 20.3 Å². The van der Waals surface area contributed by atoms with Gasteiger partial charge in [-0.25, -0.2) is 9.18 Å². The molecular formula is C21H28FN3O3. The van der Waals surface area contributed by atoms with Crippen molar-refractivity contribution >= 4 is 22.9 Å². The van der Waals surface area contributed by atoms with Crippen molar-refractivity contribution in [2.45, 2.75) is 58.5 Å². The molecule has 28 heavy (non-hydrogen) atoms. The summed E-state index contributed by atoms with van der Waals surface area (Å²) in [6, 6.07) is 3.67. The van der Waals surface area contributed by atoms with Crippen LogP contribution in [0.1, 0.15) is 56.9 Å². The minimum absolute atomic E-state index is 0.0691. The second-order valence-corrected chi connectivity index (χ2v) is 8.03. The predicted octanol–water partition coefficient (Wildman–Crippen LogP) is 3.92. The molecule has 0 radical (unpaired) electrons. The van der Waals surface area contributed by atoms with Gasteiger partial charge in [-0.05, 0) is 50.3 Å². The van der Waals surface area contributed by atoms with Crippen LogP contribution in [0.2, 0.25) is 0 Å². The molecule has 1 fully saturated rings. The van der Waals surface area contributed by atoms with E-state index in [1.165, 1.54) is 12.1 Å². The van der Waals surface area contributed by atoms with Crippen LogP contribution in [-0.2, 0) is 4.79 Å². The van der Waals surface area contributed by atoms with Crippen molar-refractivity contribution in [2.24, 2.45) is 17.6 Å². The van der Waals surface area contributed by atoms with Gasteiger partial charge in [0.15, 0.2) is 0 Å². The van der Waals surface area contributed by atoms with Gasteiger partial charge in [0, 0.05) is 22.9 Å². The highest BCUT2D eigenvalue weighted by Crippen LogP contribution is 2.33. The summed E-state index contributed by atoms with van der Waals surface area (Å²) in [5.41, 5.74) is 6.83. The minimum atomic E-state index is -0.356. The number of hydrogen-bond acceptors (Lipinski definition) is 3. The van der Waals surface area contributed by atoms with Crippen molar-refractivity contribution < 1.29 is 18.4 Å². The van der Waals surface area contributed by atoms with Crippen molar-refractivity contribution in [3.8, 4) is 0 Å². The van der Waals surface area contributed by atoms with Crippen LogP contribution in [0.3, 0.4) is 0 Å². The fraction of sp³-hybridized carbons (Fsp3) is 0.524. The van der Waals surface area contributed by atoms with Crippen LogP contribution in [0.15, 0.2) is 22.6 Å². The van der Waals surface area contributed by atoms with Crippen LogP contribution in [0.4, 0.5) is 9.18 Å². The molecular weight excluding hydrogens is 361 g/mol. The zero-order valence-corrected chi connectivity index (χ0v) is 16.5. The number of amides is 3. The molecule has 0 bridgehead atoms. The van der Waals surface area contributed by atoms with Gasteiger partial charge < -0.3 is 20.8 Å². The Morgan fingerprint density at radius 3 is 2.71 bits per heavy atom. The number of carbonyl (C=O) groups excluding carboxylic acids is 2. The number of carbonyl (C=O) groups is 2. The average Bonchev–Trinajstić information content (AvgIpc) is 2.95. The number of furan rings is 1. The highest BCUT2D eigenvalue weighted by atomic mass is 19.1. The Bertz CT molecular complexity index is 877. The number of nitrogens with two attached hydrogens (primary N) is 1. The molecule has 6 nitrogen and oxygen atoms in total. The molecule has 3 atom stereocenters. The third-order valence-corrected chi connectivity index (χ3v) is 5.58. The molecule has 1 heterocycles. The summed E-state index contributed by atoms with van der Waals surface area (Å²) in [5.74, 6) is -0.121. The molecule has 1 saturated carbocycles. The number of aryl methyl sites for hydroxylation is 1. The van der Waals surface area contributed by atoms with E-state index < -0.39 is 0 Å². The van der Waals surface area contributed by atoms with Gasteiger partial charge >= 0.3 is 6.03 Å². The maximum atomic E-state index is 13.6. The van der Waals surface area contributed by atoms with Gasteiger partial charge in [0.2, 0.25) is 5.91 Å². The number of primary amides is 1. The van der Waals surface area contributed by atoms with Crippen molar-refractivity contribution in [1.29, 1.82) is 0 Å². The van der Waals surface area contributed by atoms with E-state index in [0.29, 0.717) is 23.2 Å². The van der Waals surface area contributed by atoms with Crippen LogP contribution in [0.5, 0.6) is 0 Å². The van der Waals surface area contributed by atoms with E-state index in [1.54, 1.807) is 6.07 Å². The van der Waals surface area contributed by atoms with E-state index in [0.717, 1.165) is 24.8 Å². The van der Waals surface area contributed by atoms with E-state index in [9.17, 15) is 14.0 Å². The zero-order chi connectivity index (χ0) is 20.4. The third kappa shape index (κ3) is 4.29. The monoisotopic (exact) mass is 389 g/mol. The maximum Gasteiger partial charge on any atom is 0.315 e. The molecule has 1 aliphatic rings. The van der Waals surface area contributed by atoms with E-state index in [2.05, 4.69) is 10.6 Å². The Balaban J connectivity index is 1.74. The van der Waals surface area contributed by atoms with E-state index >= 15 is 0 Å². The van der Waals surface area contributed by atoms with Crippen molar-refractivity contribution in [1.82, 2.24) is 10.6 Å². The number of fused-ring (bicyclic) bond motifs is 1. The smallest absolute Gasteiger partial charge is 0.315 e. The molecule has 4 N–H and O–H groups in total. The third-order valence-electron chi connectivity index (χ3n) is 5.58. The lowest BCUT2D eigenvalue weighted by Gasteiger charge is -2.29. The first-order valence-corrected chi connectivity index (χ1v) is 9.81. The summed E-state index contributed by atoms with van der Waals surface area (Å²) in [6.07, 6.45) is 3.03. The second kappa shape index (κ2) is 8.20. The summed E-state index contributed by atoms with van der Waals surface area (Å²) in [4.78, 5) is 24.1. The van der Waals surface area contributed by atoms with Crippen LogP contribution in [0.25, 0.3) is 11.0 Å². The van der Waals surface area contributed by atoms with Crippen molar-refractivity contribution in [2.75, 3.05) is 0 Å². The molecule has 152 valence electrons. The standard InChI is InChI=1S/C21H28FN3O3/c1-11(2)18(19-12(3)16-10-14(22)7-8-17(16)28-19)25-21(27)24-15-6-4-5-13(9-15)20(23)26/h7-8,10-11,13,15,18H,4-6,9H2,1-3H3,(H2,23,26)(H2,24,25,27)/t13-,15?,18+/m1/s1. The van der Waals surface area contributed by atoms with Gasteiger partial charge in [-0.3, -0.25) is 4.79 Å². The Kier molecular flexibility index (Phi) is 5.91. The lowest BCUT2D eigenvalue weighted by atomic mass is 9.85. The highest BCUT2D eigenvalue weighted by molar-refractivity contribution is 5.83. The van der Waals surface area contributed by atoms with Crippen molar-refractivity contribution in [3.05, 3.63) is 35.3 Å². The van der Waals surface area contributed by atoms with Crippen molar-refractivity contribution in [3.63, 3.8) is 0 Å². The molecule has 1 unspecified atom stereocenters. The SMILES string of the molecule is Cc1c([C@@H](NC(=O)NC2CCC[C@@H](C(N)=O)C2)C(C)C)oc2ccc(F)cc12. The topological polar surface area (TPSA) is 97.4 Å². The molecule has 3 amide bonds. The second-order valence-electron chi connectivity index (χ2n) is 8.03. The van der Waals surface area contributed by atoms with Gasteiger partial charge in [-0.15, -0.1) is 0 Å². The first-order chi connectivity index (χ1) is 13.3. The number of benzene rings is 1. The van der Waals surface area contributed by atoms with E-state index in [-0.39, 0.29) is 41.7 Å². The average molecular weight is 389 g/mol. The molecule has 2 aromatic rings. The molecule has 3 rings (SSSR count). The number of rotatable bonds is 5. The normalized spacial score (nSPS) is 20.9. The molecule has 1 aromatic heterocycles. The minimum Gasteiger partial charge on any atom is -0.459 e. The van der Waals surface area contributed by atoms with E-state index in [4.69, 9.17) is 10.2 Å². The fourth-order valence-corrected chi connectivity index (χ4v) is 3.99. The number of hydrogen-bond donors (Lipinski definition) is 3. The van der Waals surface area contributed by atoms with Crippen LogP contribution in [0, 0.1) is 24.6 Å². The van der Waals surface area contributed by atoms with Crippen LogP contribution in [-0.4, -0.2) is 18.0 Å². The quantitative estimate of drug-likeness (QED) is 0.723. The molecule has 0 aliphatic heterocycles. The number of nitrogens with one attached hydrogen (secondary N) is 2. The molecule has 0 spiro atoms. The zero-order valence-electron chi connectivity index (χ0n) is 16.5. The Morgan fingerprint density at radius 1 is 1.29 bits per heavy atom. The molecule has 1 aliphatic carbocycles. The first kappa shape index (κ1) is 20.2. The van der Waals surface area contributed by atoms with Gasteiger partial charge in [-0.2, -0.15) is 0 Å². The number of urea groups is 1. The maximum absolute atomic E-state index is 13.6. The molecule has 1 aromatic carbocycles. The van der Waals surface area contributed by atoms with Crippen LogP contribution < -0.4 is 16.4 Å². The lowest BCUT2D eigenvalue weighted by molar-refractivity contribution is -0.122. The Morgan fingerprint density at radius 2 is 2.04 bits per heavy atom. The lowest BCUT2D eigenvalue weighted by Crippen LogP contribution is -2.47. The predicted molar refractivity (Wildman–Crippen MR) is 105 cm³/mol. The fourth-order valence-electron chi connectivity index (χ4n) is 3.99. The summed E-state index contributed by atoms with van der Waals surface area (Å²) in [6.45, 7) is 5.85. The van der Waals surface area contributed by atoms with Gasteiger partial charge in [0.1, 0.15) is 17.2 Å². The summed E-state index contributed by atoms with van der Waals surface area (Å²) < 4.78 is 19.5. The largest absolute Gasteiger partial charge is 0.459 e. The number of halogens is 1. The Labute approximate surface area is 164 Å². The summed E-state index contributed by atoms with van der Waals surface area (Å²) in [7, 11) is 0.